The molecule has 0 radical (unpaired) electrons. The normalized spacial score (nSPS) is 24.1. The van der Waals surface area contributed by atoms with E-state index in [-0.39, 0.29) is 5.16 Å². The van der Waals surface area contributed by atoms with Gasteiger partial charge in [0.2, 0.25) is 5.95 Å². The molecule has 2 fully saturated rings. The van der Waals surface area contributed by atoms with Gasteiger partial charge in [0.1, 0.15) is 0 Å². The van der Waals surface area contributed by atoms with Crippen molar-refractivity contribution in [1.82, 2.24) is 24.4 Å². The molecule has 1 aromatic heterocycles. The van der Waals surface area contributed by atoms with Gasteiger partial charge in [-0.25, -0.2) is 13.5 Å². The van der Waals surface area contributed by atoms with Gasteiger partial charge in [-0.3, -0.25) is 4.90 Å². The largest absolute Gasteiger partial charge is 0.322 e. The summed E-state index contributed by atoms with van der Waals surface area (Å²) in [6.07, 6.45) is 10.0. The summed E-state index contributed by atoms with van der Waals surface area (Å²) in [6.45, 7) is 3.26. The summed E-state index contributed by atoms with van der Waals surface area (Å²) < 4.78 is 27.9. The topological polar surface area (TPSA) is 94.2 Å². The highest BCUT2D eigenvalue weighted by Crippen LogP contribution is 2.39. The monoisotopic (exact) mass is 442 g/mol. The van der Waals surface area contributed by atoms with Crippen LogP contribution in [-0.4, -0.2) is 65.0 Å². The highest BCUT2D eigenvalue weighted by Gasteiger charge is 2.37. The third kappa shape index (κ3) is 3.37. The van der Waals surface area contributed by atoms with E-state index in [1.54, 1.807) is 4.31 Å². The first-order chi connectivity index (χ1) is 15.1. The van der Waals surface area contributed by atoms with Gasteiger partial charge in [-0.2, -0.15) is 9.29 Å². The number of anilines is 2. The van der Waals surface area contributed by atoms with Crippen LogP contribution in [0.2, 0.25) is 0 Å². The van der Waals surface area contributed by atoms with Gasteiger partial charge in [-0.15, -0.1) is 5.10 Å². The van der Waals surface area contributed by atoms with Crippen molar-refractivity contribution in [3.05, 3.63) is 28.3 Å². The Labute approximate surface area is 183 Å². The van der Waals surface area contributed by atoms with Crippen LogP contribution >= 0.6 is 0 Å². The summed E-state index contributed by atoms with van der Waals surface area (Å²) in [5.41, 5.74) is 6.71. The third-order valence-corrected chi connectivity index (χ3v) is 9.22. The lowest BCUT2D eigenvalue weighted by Gasteiger charge is -2.23. The predicted octanol–water partition coefficient (Wildman–Crippen LogP) is 2.38. The lowest BCUT2D eigenvalue weighted by molar-refractivity contribution is 0.251. The van der Waals surface area contributed by atoms with E-state index >= 15 is 0 Å². The minimum absolute atomic E-state index is 0.0544. The maximum Gasteiger partial charge on any atom is 0.278 e. The lowest BCUT2D eigenvalue weighted by Crippen LogP contribution is -2.37. The minimum Gasteiger partial charge on any atom is -0.322 e. The highest BCUT2D eigenvalue weighted by atomic mass is 32.2. The molecular formula is C22H30N6O2S. The van der Waals surface area contributed by atoms with Crippen molar-refractivity contribution >= 4 is 21.7 Å². The Kier molecular flexibility index (Phi) is 4.81. The highest BCUT2D eigenvalue weighted by molar-refractivity contribution is 7.89. The number of aromatic nitrogens is 3. The van der Waals surface area contributed by atoms with E-state index < -0.39 is 10.0 Å². The number of aromatic amines is 1. The molecule has 2 saturated heterocycles. The Balaban J connectivity index is 1.23. The van der Waals surface area contributed by atoms with Crippen molar-refractivity contribution in [2.75, 3.05) is 31.5 Å². The van der Waals surface area contributed by atoms with Gasteiger partial charge in [0, 0.05) is 24.8 Å². The summed E-state index contributed by atoms with van der Waals surface area (Å²) in [5.74, 6) is 0.350. The first-order valence-corrected chi connectivity index (χ1v) is 13.1. The standard InChI is InChI=1S/C22H30N6O2S/c29-31(30,28-12-9-17(14-28)27-10-1-2-11-27)22-24-21(25-26-22)23-20-18-7-3-5-15(18)13-16-6-4-8-19(16)20/h13,17H,1-12,14H2,(H2,23,24,25,26). The fraction of sp³-hybridized carbons (Fsp3) is 0.636. The van der Waals surface area contributed by atoms with E-state index in [0.29, 0.717) is 25.1 Å². The Morgan fingerprint density at radius 3 is 2.39 bits per heavy atom. The summed E-state index contributed by atoms with van der Waals surface area (Å²) in [4.78, 5) is 6.80. The molecule has 1 atom stereocenters. The second-order valence-electron chi connectivity index (χ2n) is 9.37. The van der Waals surface area contributed by atoms with E-state index in [1.165, 1.54) is 47.9 Å². The van der Waals surface area contributed by atoms with Crippen LogP contribution in [0, 0.1) is 0 Å². The number of fused-ring (bicyclic) bond motifs is 2. The van der Waals surface area contributed by atoms with Crippen molar-refractivity contribution in [1.29, 1.82) is 0 Å². The quantitative estimate of drug-likeness (QED) is 0.738. The molecule has 6 rings (SSSR count). The minimum atomic E-state index is -3.66. The zero-order valence-corrected chi connectivity index (χ0v) is 18.7. The molecule has 31 heavy (non-hydrogen) atoms. The average Bonchev–Trinajstić information content (AvgIpc) is 3.58. The van der Waals surface area contributed by atoms with E-state index in [9.17, 15) is 8.42 Å². The maximum absolute atomic E-state index is 13.2. The molecule has 2 aliphatic heterocycles. The van der Waals surface area contributed by atoms with Crippen molar-refractivity contribution in [2.24, 2.45) is 0 Å². The summed E-state index contributed by atoms with van der Waals surface area (Å²) >= 11 is 0. The number of nitrogens with zero attached hydrogens (tertiary/aromatic N) is 4. The second kappa shape index (κ2) is 7.56. The Morgan fingerprint density at radius 1 is 0.968 bits per heavy atom. The van der Waals surface area contributed by atoms with Crippen LogP contribution in [0.5, 0.6) is 0 Å². The molecule has 0 saturated carbocycles. The molecule has 0 bridgehead atoms. The average molecular weight is 443 g/mol. The molecule has 2 aromatic rings. The molecule has 0 amide bonds. The number of rotatable bonds is 5. The fourth-order valence-electron chi connectivity index (χ4n) is 5.95. The van der Waals surface area contributed by atoms with E-state index in [0.717, 1.165) is 50.9 Å². The Morgan fingerprint density at radius 2 is 1.68 bits per heavy atom. The zero-order chi connectivity index (χ0) is 21.0. The van der Waals surface area contributed by atoms with Crippen molar-refractivity contribution in [3.63, 3.8) is 0 Å². The van der Waals surface area contributed by atoms with Crippen LogP contribution in [0.25, 0.3) is 0 Å². The van der Waals surface area contributed by atoms with Crippen molar-refractivity contribution in [2.45, 2.75) is 69.0 Å². The third-order valence-electron chi connectivity index (χ3n) is 7.54. The van der Waals surface area contributed by atoms with Crippen LogP contribution in [0.3, 0.4) is 0 Å². The molecule has 3 heterocycles. The lowest BCUT2D eigenvalue weighted by atomic mass is 9.99. The Hall–Kier alpha value is -1.97. The number of nitrogens with one attached hydrogen (secondary N) is 2. The van der Waals surface area contributed by atoms with Gasteiger partial charge in [0.25, 0.3) is 15.2 Å². The first kappa shape index (κ1) is 19.7. The summed E-state index contributed by atoms with van der Waals surface area (Å²) in [5, 5.41) is 10.3. The van der Waals surface area contributed by atoms with Crippen LogP contribution < -0.4 is 5.32 Å². The van der Waals surface area contributed by atoms with Gasteiger partial charge in [-0.1, -0.05) is 6.07 Å². The summed E-state index contributed by atoms with van der Waals surface area (Å²) in [7, 11) is -3.66. The number of hydrogen-bond acceptors (Lipinski definition) is 6. The van der Waals surface area contributed by atoms with Gasteiger partial charge < -0.3 is 5.32 Å². The molecule has 0 spiro atoms. The molecule has 8 nitrogen and oxygen atoms in total. The number of hydrogen-bond donors (Lipinski definition) is 2. The maximum atomic E-state index is 13.2. The molecule has 1 aromatic carbocycles. The molecule has 2 aliphatic carbocycles. The second-order valence-corrected chi connectivity index (χ2v) is 11.2. The first-order valence-electron chi connectivity index (χ1n) is 11.7. The van der Waals surface area contributed by atoms with Crippen molar-refractivity contribution < 1.29 is 8.42 Å². The molecule has 166 valence electrons. The molecular weight excluding hydrogens is 412 g/mol. The number of benzene rings is 1. The van der Waals surface area contributed by atoms with Crippen molar-refractivity contribution in [3.8, 4) is 0 Å². The van der Waals surface area contributed by atoms with Gasteiger partial charge >= 0.3 is 0 Å². The fourth-order valence-corrected chi connectivity index (χ4v) is 7.27. The van der Waals surface area contributed by atoms with Crippen LogP contribution in [0.1, 0.15) is 54.4 Å². The number of likely N-dealkylation sites (tertiary alicyclic amines) is 1. The van der Waals surface area contributed by atoms with E-state index in [4.69, 9.17) is 0 Å². The summed E-state index contributed by atoms with van der Waals surface area (Å²) in [6, 6.07) is 2.71. The van der Waals surface area contributed by atoms with Crippen LogP contribution in [-0.2, 0) is 35.7 Å². The van der Waals surface area contributed by atoms with Gasteiger partial charge in [0.15, 0.2) is 0 Å². The van der Waals surface area contributed by atoms with Crippen LogP contribution in [0.15, 0.2) is 11.2 Å². The SMILES string of the molecule is O=S(=O)(c1nc(Nc2c3c(cc4c2CCC4)CCC3)n[nH]1)N1CCC(N2CCCC2)C1. The van der Waals surface area contributed by atoms with Gasteiger partial charge in [-0.05, 0) is 93.1 Å². The molecule has 9 heteroatoms. The Bertz CT molecular complexity index is 1070. The van der Waals surface area contributed by atoms with Crippen LogP contribution in [0.4, 0.5) is 11.6 Å². The zero-order valence-electron chi connectivity index (χ0n) is 17.9. The number of sulfonamides is 1. The number of aryl methyl sites for hydroxylation is 2. The number of H-pyrrole nitrogens is 1. The predicted molar refractivity (Wildman–Crippen MR) is 118 cm³/mol. The molecule has 1 unspecified atom stereocenters. The smallest absolute Gasteiger partial charge is 0.278 e. The van der Waals surface area contributed by atoms with Gasteiger partial charge in [0.05, 0.1) is 0 Å². The van der Waals surface area contributed by atoms with E-state index in [1.807, 2.05) is 0 Å². The molecule has 4 aliphatic rings. The van der Waals surface area contributed by atoms with E-state index in [2.05, 4.69) is 31.5 Å². The molecule has 2 N–H and O–H groups in total.